The minimum atomic E-state index is -4.02. The Morgan fingerprint density at radius 2 is 1.89 bits per heavy atom. The molecule has 0 amide bonds. The van der Waals surface area contributed by atoms with Gasteiger partial charge in [0.1, 0.15) is 17.3 Å². The molecule has 0 aliphatic heterocycles. The fraction of sp³-hybridized carbons (Fsp3) is 0.276. The first kappa shape index (κ1) is 25.0. The lowest BCUT2D eigenvalue weighted by molar-refractivity contribution is -0.119. The van der Waals surface area contributed by atoms with E-state index in [1.807, 2.05) is 26.0 Å². The van der Waals surface area contributed by atoms with E-state index < -0.39 is 38.5 Å². The predicted octanol–water partition coefficient (Wildman–Crippen LogP) is 5.17. The summed E-state index contributed by atoms with van der Waals surface area (Å²) in [7, 11) is -2.51. The highest BCUT2D eigenvalue weighted by Gasteiger charge is 2.63. The Morgan fingerprint density at radius 1 is 1.11 bits per heavy atom. The summed E-state index contributed by atoms with van der Waals surface area (Å²) in [5.41, 5.74) is 2.47. The Hall–Kier alpha value is -3.65. The number of ketones is 1. The SMILES string of the molecule is COc1ccc(C)cc1[C@@]1(C(=O)CS(=O)(=O)c2cccc3nc(C)ccc23)C[C@H]1c1cnc(C)c(F)c1. The van der Waals surface area contributed by atoms with Crippen LogP contribution in [0.2, 0.25) is 0 Å². The number of rotatable bonds is 7. The fourth-order valence-corrected chi connectivity index (χ4v) is 6.73. The molecule has 190 valence electrons. The standard InChI is InChI=1S/C29H27FN2O4S/c1-17-8-11-26(36-4)22(12-17)29(14-23(29)20-13-24(30)19(3)31-15-20)28(33)16-37(34,35)27-7-5-6-25-21(27)10-9-18(2)32-25/h5-13,15,23H,14,16H2,1-4H3/t23-,29-/m0/s1. The molecule has 8 heteroatoms. The van der Waals surface area contributed by atoms with Crippen LogP contribution in [0.4, 0.5) is 4.39 Å². The second-order valence-corrected chi connectivity index (χ2v) is 11.7. The van der Waals surface area contributed by atoms with E-state index in [4.69, 9.17) is 4.74 Å². The van der Waals surface area contributed by atoms with Crippen LogP contribution in [0.5, 0.6) is 5.75 Å². The highest BCUT2D eigenvalue weighted by atomic mass is 32.2. The van der Waals surface area contributed by atoms with Crippen LogP contribution >= 0.6 is 0 Å². The topological polar surface area (TPSA) is 86.2 Å². The van der Waals surface area contributed by atoms with Crippen molar-refractivity contribution in [1.29, 1.82) is 0 Å². The fourth-order valence-electron chi connectivity index (χ4n) is 5.18. The maximum Gasteiger partial charge on any atom is 0.186 e. The molecular formula is C29H27FN2O4S. The van der Waals surface area contributed by atoms with Crippen LogP contribution in [-0.4, -0.2) is 37.0 Å². The Kier molecular flexibility index (Phi) is 6.10. The molecule has 0 spiro atoms. The van der Waals surface area contributed by atoms with Crippen molar-refractivity contribution in [3.05, 3.63) is 94.7 Å². The van der Waals surface area contributed by atoms with Crippen molar-refractivity contribution >= 4 is 26.5 Å². The summed E-state index contributed by atoms with van der Waals surface area (Å²) < 4.78 is 47.3. The lowest BCUT2D eigenvalue weighted by atomic mass is 9.86. The highest BCUT2D eigenvalue weighted by Crippen LogP contribution is 2.63. The van der Waals surface area contributed by atoms with Crippen molar-refractivity contribution < 1.29 is 22.3 Å². The third-order valence-corrected chi connectivity index (χ3v) is 8.90. The van der Waals surface area contributed by atoms with Crippen molar-refractivity contribution in [1.82, 2.24) is 9.97 Å². The molecule has 1 aliphatic rings. The van der Waals surface area contributed by atoms with Crippen molar-refractivity contribution in [3.8, 4) is 5.75 Å². The van der Waals surface area contributed by atoms with Gasteiger partial charge in [0.05, 0.1) is 28.6 Å². The average Bonchev–Trinajstić information content (AvgIpc) is 3.62. The normalized spacial score (nSPS) is 19.1. The van der Waals surface area contributed by atoms with Gasteiger partial charge in [0.15, 0.2) is 15.6 Å². The summed E-state index contributed by atoms with van der Waals surface area (Å²) in [4.78, 5) is 22.7. The Morgan fingerprint density at radius 3 is 2.62 bits per heavy atom. The zero-order chi connectivity index (χ0) is 26.5. The maximum atomic E-state index is 14.4. The smallest absolute Gasteiger partial charge is 0.186 e. The van der Waals surface area contributed by atoms with Gasteiger partial charge in [-0.15, -0.1) is 0 Å². The summed E-state index contributed by atoms with van der Waals surface area (Å²) in [6, 6.07) is 15.2. The van der Waals surface area contributed by atoms with Gasteiger partial charge in [-0.2, -0.15) is 0 Å². The number of Topliss-reactive ketones (excluding diaryl/α,β-unsaturated/α-hetero) is 1. The number of carbonyl (C=O) groups is 1. The van der Waals surface area contributed by atoms with Gasteiger partial charge in [-0.1, -0.05) is 23.8 Å². The maximum absolute atomic E-state index is 14.4. The van der Waals surface area contributed by atoms with Gasteiger partial charge in [-0.25, -0.2) is 12.8 Å². The van der Waals surface area contributed by atoms with Crippen LogP contribution in [-0.2, 0) is 20.0 Å². The first-order chi connectivity index (χ1) is 17.6. The number of ether oxygens (including phenoxy) is 1. The highest BCUT2D eigenvalue weighted by molar-refractivity contribution is 7.92. The summed E-state index contributed by atoms with van der Waals surface area (Å²) in [5, 5.41) is 0.472. The van der Waals surface area contributed by atoms with E-state index in [0.29, 0.717) is 34.2 Å². The molecule has 1 saturated carbocycles. The van der Waals surface area contributed by atoms with Gasteiger partial charge >= 0.3 is 0 Å². The number of sulfone groups is 1. The minimum absolute atomic E-state index is 0.0671. The second kappa shape index (κ2) is 9.03. The van der Waals surface area contributed by atoms with Gasteiger partial charge in [0.2, 0.25) is 0 Å². The van der Waals surface area contributed by atoms with Crippen LogP contribution in [0.25, 0.3) is 10.9 Å². The molecule has 0 unspecified atom stereocenters. The van der Waals surface area contributed by atoms with E-state index in [2.05, 4.69) is 9.97 Å². The van der Waals surface area contributed by atoms with Gasteiger partial charge in [-0.05, 0) is 69.2 Å². The number of fused-ring (bicyclic) bond motifs is 1. The van der Waals surface area contributed by atoms with Gasteiger partial charge < -0.3 is 4.74 Å². The molecule has 1 fully saturated rings. The Labute approximate surface area is 215 Å². The van der Waals surface area contributed by atoms with Gasteiger partial charge in [0.25, 0.3) is 0 Å². The number of carbonyl (C=O) groups excluding carboxylic acids is 1. The summed E-state index contributed by atoms with van der Waals surface area (Å²) in [6.45, 7) is 5.30. The summed E-state index contributed by atoms with van der Waals surface area (Å²) in [5.74, 6) is -1.56. The van der Waals surface area contributed by atoms with Crippen LogP contribution in [0.1, 0.15) is 40.4 Å². The predicted molar refractivity (Wildman–Crippen MR) is 139 cm³/mol. The first-order valence-electron chi connectivity index (χ1n) is 12.0. The van der Waals surface area contributed by atoms with Crippen molar-refractivity contribution in [2.75, 3.05) is 12.9 Å². The molecule has 5 rings (SSSR count). The van der Waals surface area contributed by atoms with E-state index in [-0.39, 0.29) is 10.6 Å². The molecule has 1 aliphatic carbocycles. The van der Waals surface area contributed by atoms with Crippen LogP contribution in [0.3, 0.4) is 0 Å². The number of hydrogen-bond donors (Lipinski definition) is 0. The van der Waals surface area contributed by atoms with Crippen molar-refractivity contribution in [3.63, 3.8) is 0 Å². The number of nitrogens with zero attached hydrogens (tertiary/aromatic N) is 2. The molecule has 2 atom stereocenters. The number of pyridine rings is 2. The molecule has 2 aromatic carbocycles. The lowest BCUT2D eigenvalue weighted by Gasteiger charge is -2.21. The Balaban J connectivity index is 1.60. The number of methoxy groups -OCH3 is 1. The van der Waals surface area contributed by atoms with Gasteiger partial charge in [0, 0.05) is 28.8 Å². The summed E-state index contributed by atoms with van der Waals surface area (Å²) in [6.07, 6.45) is 1.90. The molecule has 2 aromatic heterocycles. The van der Waals surface area contributed by atoms with E-state index in [1.54, 1.807) is 43.5 Å². The zero-order valence-electron chi connectivity index (χ0n) is 21.1. The molecule has 0 bridgehead atoms. The average molecular weight is 519 g/mol. The third-order valence-electron chi connectivity index (χ3n) is 7.23. The van der Waals surface area contributed by atoms with Gasteiger partial charge in [-0.3, -0.25) is 14.8 Å². The molecule has 0 N–H and O–H groups in total. The van der Waals surface area contributed by atoms with Crippen LogP contribution < -0.4 is 4.74 Å². The molecular weight excluding hydrogens is 491 g/mol. The molecule has 4 aromatic rings. The number of hydrogen-bond acceptors (Lipinski definition) is 6. The molecule has 0 saturated heterocycles. The second-order valence-electron chi connectivity index (χ2n) is 9.73. The zero-order valence-corrected chi connectivity index (χ0v) is 21.9. The molecule has 2 heterocycles. The van der Waals surface area contributed by atoms with E-state index in [9.17, 15) is 17.6 Å². The van der Waals surface area contributed by atoms with Crippen LogP contribution in [0, 0.1) is 26.6 Å². The van der Waals surface area contributed by atoms with E-state index in [1.165, 1.54) is 19.2 Å². The van der Waals surface area contributed by atoms with Crippen molar-refractivity contribution in [2.45, 2.75) is 43.4 Å². The first-order valence-corrected chi connectivity index (χ1v) is 13.6. The van der Waals surface area contributed by atoms with E-state index >= 15 is 0 Å². The summed E-state index contributed by atoms with van der Waals surface area (Å²) >= 11 is 0. The lowest BCUT2D eigenvalue weighted by Crippen LogP contribution is -2.30. The number of halogens is 1. The van der Waals surface area contributed by atoms with Crippen molar-refractivity contribution in [2.24, 2.45) is 0 Å². The third kappa shape index (κ3) is 4.29. The van der Waals surface area contributed by atoms with Crippen LogP contribution in [0.15, 0.2) is 65.7 Å². The largest absolute Gasteiger partial charge is 0.496 e. The quantitative estimate of drug-likeness (QED) is 0.336. The number of benzene rings is 2. The number of aryl methyl sites for hydroxylation is 3. The van der Waals surface area contributed by atoms with E-state index in [0.717, 1.165) is 11.3 Å². The monoisotopic (exact) mass is 518 g/mol. The Bertz CT molecular complexity index is 1670. The minimum Gasteiger partial charge on any atom is -0.496 e. The number of aromatic nitrogens is 2. The molecule has 0 radical (unpaired) electrons. The molecule has 6 nitrogen and oxygen atoms in total. The molecule has 37 heavy (non-hydrogen) atoms.